The summed E-state index contributed by atoms with van der Waals surface area (Å²) in [6.07, 6.45) is -3.61. The van der Waals surface area contributed by atoms with E-state index in [0.29, 0.717) is 5.56 Å². The molecule has 0 aliphatic rings. The number of fused-ring (bicyclic) bond motifs is 1. The van der Waals surface area contributed by atoms with Crippen LogP contribution in [0.4, 0.5) is 13.2 Å². The third-order valence-electron chi connectivity index (χ3n) is 5.37. The number of hydrogen-bond acceptors (Lipinski definition) is 6. The van der Waals surface area contributed by atoms with Crippen LogP contribution in [0.15, 0.2) is 42.6 Å². The molecule has 0 aliphatic carbocycles. The Bertz CT molecular complexity index is 1530. The largest absolute Gasteiger partial charge is 0.435 e. The van der Waals surface area contributed by atoms with Crippen LogP contribution < -0.4 is 11.5 Å². The highest BCUT2D eigenvalue weighted by Gasteiger charge is 2.41. The summed E-state index contributed by atoms with van der Waals surface area (Å²) in [5.41, 5.74) is 8.69. The summed E-state index contributed by atoms with van der Waals surface area (Å²) in [6, 6.07) is 10.9. The lowest BCUT2D eigenvalue weighted by molar-refractivity contribution is -0.141. The van der Waals surface area contributed by atoms with Crippen molar-refractivity contribution >= 4 is 22.7 Å². The van der Waals surface area contributed by atoms with Crippen LogP contribution in [-0.4, -0.2) is 31.6 Å². The molecule has 3 aromatic heterocycles. The topological polar surface area (TPSA) is 154 Å². The number of pyridine rings is 2. The van der Waals surface area contributed by atoms with Crippen molar-refractivity contribution in [2.45, 2.75) is 19.6 Å². The smallest absolute Gasteiger partial charge is 0.366 e. The van der Waals surface area contributed by atoms with Gasteiger partial charge in [0.05, 0.1) is 17.6 Å². The fourth-order valence-corrected chi connectivity index (χ4v) is 3.84. The molecule has 4 rings (SSSR count). The number of halogens is 3. The number of para-hydroxylation sites is 1. The zero-order valence-electron chi connectivity index (χ0n) is 18.1. The molecule has 0 spiro atoms. The molecule has 0 atom stereocenters. The molecule has 9 nitrogen and oxygen atoms in total. The van der Waals surface area contributed by atoms with Crippen molar-refractivity contribution in [1.29, 1.82) is 5.26 Å². The molecule has 0 saturated heterocycles. The molecule has 176 valence electrons. The lowest BCUT2D eigenvalue weighted by Gasteiger charge is -2.16. The van der Waals surface area contributed by atoms with Gasteiger partial charge < -0.3 is 11.5 Å². The molecule has 3 heterocycles. The van der Waals surface area contributed by atoms with Crippen molar-refractivity contribution in [2.75, 3.05) is 0 Å². The van der Waals surface area contributed by atoms with E-state index in [1.165, 1.54) is 37.4 Å². The van der Waals surface area contributed by atoms with E-state index < -0.39 is 40.5 Å². The summed E-state index contributed by atoms with van der Waals surface area (Å²) in [7, 11) is 0. The van der Waals surface area contributed by atoms with Crippen molar-refractivity contribution < 1.29 is 22.8 Å². The maximum absolute atomic E-state index is 14.2. The Labute approximate surface area is 195 Å². The summed E-state index contributed by atoms with van der Waals surface area (Å²) in [5.74, 6) is -2.19. The first-order chi connectivity index (χ1) is 16.5. The Morgan fingerprint density at radius 3 is 2.37 bits per heavy atom. The number of nitriles is 1. The zero-order chi connectivity index (χ0) is 25.5. The highest BCUT2D eigenvalue weighted by Crippen LogP contribution is 2.42. The number of benzene rings is 1. The zero-order valence-corrected chi connectivity index (χ0v) is 18.1. The van der Waals surface area contributed by atoms with E-state index in [1.807, 2.05) is 6.07 Å². The van der Waals surface area contributed by atoms with Gasteiger partial charge in [0.1, 0.15) is 17.5 Å². The van der Waals surface area contributed by atoms with Crippen molar-refractivity contribution in [3.05, 3.63) is 76.5 Å². The van der Waals surface area contributed by atoms with Gasteiger partial charge in [-0.1, -0.05) is 24.3 Å². The van der Waals surface area contributed by atoms with Crippen LogP contribution in [-0.2, 0) is 12.7 Å². The van der Waals surface area contributed by atoms with Crippen molar-refractivity contribution in [3.63, 3.8) is 0 Å². The molecule has 0 aliphatic heterocycles. The maximum Gasteiger partial charge on any atom is 0.435 e. The van der Waals surface area contributed by atoms with E-state index >= 15 is 0 Å². The Kier molecular flexibility index (Phi) is 5.69. The van der Waals surface area contributed by atoms with E-state index in [-0.39, 0.29) is 34.4 Å². The Hall–Kier alpha value is -4.79. The van der Waals surface area contributed by atoms with Crippen LogP contribution in [0.2, 0.25) is 0 Å². The normalized spacial score (nSPS) is 11.4. The van der Waals surface area contributed by atoms with Crippen molar-refractivity contribution in [3.8, 4) is 17.2 Å². The number of carbonyl (C=O) groups is 2. The average Bonchev–Trinajstić information content (AvgIpc) is 3.14. The number of aromatic nitrogens is 4. The van der Waals surface area contributed by atoms with E-state index in [1.54, 1.807) is 12.1 Å². The Morgan fingerprint density at radius 2 is 1.80 bits per heavy atom. The van der Waals surface area contributed by atoms with Crippen LogP contribution in [0.3, 0.4) is 0 Å². The molecule has 1 aromatic carbocycles. The molecule has 0 unspecified atom stereocenters. The number of carbonyl (C=O) groups excluding carboxylic acids is 2. The van der Waals surface area contributed by atoms with Gasteiger partial charge in [0, 0.05) is 28.4 Å². The average molecular weight is 479 g/mol. The third kappa shape index (κ3) is 4.15. The van der Waals surface area contributed by atoms with Crippen LogP contribution in [0, 0.1) is 18.3 Å². The maximum atomic E-state index is 14.2. The second-order valence-electron chi connectivity index (χ2n) is 7.58. The number of amides is 2. The summed E-state index contributed by atoms with van der Waals surface area (Å²) < 4.78 is 43.6. The van der Waals surface area contributed by atoms with Gasteiger partial charge in [-0.15, -0.1) is 0 Å². The molecule has 4 aromatic rings. The predicted octanol–water partition coefficient (Wildman–Crippen LogP) is 2.94. The van der Waals surface area contributed by atoms with Crippen LogP contribution in [0.5, 0.6) is 0 Å². The lowest BCUT2D eigenvalue weighted by Crippen LogP contribution is -2.21. The highest BCUT2D eigenvalue weighted by molar-refractivity contribution is 6.15. The number of primary amides is 2. The number of alkyl halides is 3. The summed E-state index contributed by atoms with van der Waals surface area (Å²) in [5, 5.41) is 12.8. The van der Waals surface area contributed by atoms with Gasteiger partial charge in [-0.3, -0.25) is 14.3 Å². The second kappa shape index (κ2) is 8.53. The second-order valence-corrected chi connectivity index (χ2v) is 7.58. The van der Waals surface area contributed by atoms with Gasteiger partial charge in [0.2, 0.25) is 5.91 Å². The molecule has 4 N–H and O–H groups in total. The molecular weight excluding hydrogens is 463 g/mol. The van der Waals surface area contributed by atoms with Crippen LogP contribution in [0.1, 0.15) is 43.5 Å². The molecule has 0 fully saturated rings. The Morgan fingerprint density at radius 1 is 1.09 bits per heavy atom. The summed E-state index contributed by atoms with van der Waals surface area (Å²) in [4.78, 5) is 32.9. The molecule has 0 radical (unpaired) electrons. The third-order valence-corrected chi connectivity index (χ3v) is 5.37. The molecule has 0 bridgehead atoms. The number of nitrogens with zero attached hydrogens (tertiary/aromatic N) is 5. The fourth-order valence-electron chi connectivity index (χ4n) is 3.84. The predicted molar refractivity (Wildman–Crippen MR) is 118 cm³/mol. The van der Waals surface area contributed by atoms with E-state index in [2.05, 4.69) is 15.1 Å². The van der Waals surface area contributed by atoms with Gasteiger partial charge in [-0.25, -0.2) is 9.97 Å². The highest BCUT2D eigenvalue weighted by atomic mass is 19.4. The van der Waals surface area contributed by atoms with Crippen LogP contribution >= 0.6 is 0 Å². The number of nitrogens with two attached hydrogens (primary N) is 2. The van der Waals surface area contributed by atoms with E-state index in [4.69, 9.17) is 16.7 Å². The van der Waals surface area contributed by atoms with Gasteiger partial charge in [-0.05, 0) is 24.6 Å². The molecule has 35 heavy (non-hydrogen) atoms. The molecule has 12 heteroatoms. The van der Waals surface area contributed by atoms with E-state index in [9.17, 15) is 22.8 Å². The Balaban J connectivity index is 2.06. The number of rotatable bonds is 5. The number of hydrogen-bond donors (Lipinski definition) is 2. The van der Waals surface area contributed by atoms with Gasteiger partial charge in [0.25, 0.3) is 5.91 Å². The van der Waals surface area contributed by atoms with Crippen LogP contribution in [0.25, 0.3) is 22.0 Å². The molecule has 2 amide bonds. The minimum atomic E-state index is -4.95. The summed E-state index contributed by atoms with van der Waals surface area (Å²) >= 11 is 0. The SMILES string of the molecule is Cc1c(-c2c(C(N)=O)nc3ccccc3c2C(N)=O)c(C(F)(F)F)nn1Cc1ccc(C#N)nc1. The first kappa shape index (κ1) is 23.4. The fraction of sp³-hybridized carbons (Fsp3) is 0.130. The molecular formula is C23H16F3N7O2. The quantitative estimate of drug-likeness (QED) is 0.449. The monoisotopic (exact) mass is 479 g/mol. The van der Waals surface area contributed by atoms with Gasteiger partial charge in [0.15, 0.2) is 5.69 Å². The van der Waals surface area contributed by atoms with Crippen molar-refractivity contribution in [1.82, 2.24) is 19.7 Å². The summed E-state index contributed by atoms with van der Waals surface area (Å²) in [6.45, 7) is 1.23. The van der Waals surface area contributed by atoms with Gasteiger partial charge in [-0.2, -0.15) is 23.5 Å². The first-order valence-corrected chi connectivity index (χ1v) is 10.0. The minimum absolute atomic E-state index is 0.0104. The minimum Gasteiger partial charge on any atom is -0.366 e. The molecule has 0 saturated carbocycles. The first-order valence-electron chi connectivity index (χ1n) is 10.0. The lowest BCUT2D eigenvalue weighted by atomic mass is 9.92. The standard InChI is InChI=1S/C23H16F3N7O2/c1-11-16(18-17(21(28)34)14-4-2-3-5-15(14)31-19(18)22(29)35)20(23(24,25)26)32-33(11)10-12-6-7-13(8-27)30-9-12/h2-7,9H,10H2,1H3,(H2,28,34)(H2,29,35). The van der Waals surface area contributed by atoms with Crippen molar-refractivity contribution in [2.24, 2.45) is 11.5 Å². The van der Waals surface area contributed by atoms with Gasteiger partial charge >= 0.3 is 6.18 Å². The van der Waals surface area contributed by atoms with E-state index in [0.717, 1.165) is 4.68 Å².